The highest BCUT2D eigenvalue weighted by atomic mass is 32.2. The van der Waals surface area contributed by atoms with E-state index in [1.165, 1.54) is 6.20 Å². The van der Waals surface area contributed by atoms with Gasteiger partial charge in [-0.3, -0.25) is 0 Å². The van der Waals surface area contributed by atoms with Crippen molar-refractivity contribution in [2.45, 2.75) is 19.4 Å². The second kappa shape index (κ2) is 8.16. The number of nitrogens with one attached hydrogen (secondary N) is 2. The minimum absolute atomic E-state index is 0.416. The highest BCUT2D eigenvalue weighted by Crippen LogP contribution is 2.00. The molecule has 15 heavy (non-hydrogen) atoms. The smallest absolute Gasteiger partial charge is 0.326 e. The predicted octanol–water partition coefficient (Wildman–Crippen LogP) is 1.03. The number of urea groups is 1. The number of carbonyl (C=O) groups excluding carboxylic acids is 1. The maximum atomic E-state index is 11.1. The molecule has 0 aromatic rings. The molecule has 0 aliphatic heterocycles. The molecule has 0 saturated carbocycles. The van der Waals surface area contributed by atoms with Gasteiger partial charge in [0.05, 0.1) is 0 Å². The third kappa shape index (κ3) is 6.84. The lowest BCUT2D eigenvalue weighted by Gasteiger charge is -2.13. The molecular weight excluding hydrogens is 216 g/mol. The summed E-state index contributed by atoms with van der Waals surface area (Å²) in [6, 6.07) is -1.33. The first-order valence-corrected chi connectivity index (χ1v) is 5.91. The van der Waals surface area contributed by atoms with E-state index in [4.69, 9.17) is 5.11 Å². The summed E-state index contributed by atoms with van der Waals surface area (Å²) in [5.41, 5.74) is 0. The molecule has 1 atom stereocenters. The zero-order chi connectivity index (χ0) is 11.7. The summed E-state index contributed by atoms with van der Waals surface area (Å²) in [7, 11) is 0. The number of allylic oxidation sites excluding steroid dienone is 1. The molecule has 86 valence electrons. The SMILES string of the molecule is C/C=C/NC(=O)NC(CCSC)C(=O)O. The summed E-state index contributed by atoms with van der Waals surface area (Å²) in [6.07, 6.45) is 5.40. The van der Waals surface area contributed by atoms with E-state index in [2.05, 4.69) is 10.6 Å². The average molecular weight is 232 g/mol. The van der Waals surface area contributed by atoms with Gasteiger partial charge >= 0.3 is 12.0 Å². The monoisotopic (exact) mass is 232 g/mol. The van der Waals surface area contributed by atoms with E-state index in [-0.39, 0.29) is 0 Å². The van der Waals surface area contributed by atoms with E-state index < -0.39 is 18.0 Å². The van der Waals surface area contributed by atoms with Crippen LogP contribution in [0.1, 0.15) is 13.3 Å². The molecule has 3 N–H and O–H groups in total. The van der Waals surface area contributed by atoms with Gasteiger partial charge in [0.1, 0.15) is 6.04 Å². The molecule has 0 aliphatic rings. The van der Waals surface area contributed by atoms with Crippen LogP contribution in [0.4, 0.5) is 4.79 Å². The number of thioether (sulfide) groups is 1. The molecule has 0 rings (SSSR count). The zero-order valence-corrected chi connectivity index (χ0v) is 9.63. The molecule has 0 saturated heterocycles. The average Bonchev–Trinajstić information content (AvgIpc) is 2.20. The predicted molar refractivity (Wildman–Crippen MR) is 60.9 cm³/mol. The number of hydrogen-bond acceptors (Lipinski definition) is 3. The number of hydrogen-bond donors (Lipinski definition) is 3. The van der Waals surface area contributed by atoms with Crippen LogP contribution in [0.25, 0.3) is 0 Å². The van der Waals surface area contributed by atoms with Crippen molar-refractivity contribution in [2.24, 2.45) is 0 Å². The Balaban J connectivity index is 4.04. The fourth-order valence-corrected chi connectivity index (χ4v) is 1.32. The Morgan fingerprint density at radius 1 is 1.53 bits per heavy atom. The van der Waals surface area contributed by atoms with Crippen molar-refractivity contribution in [3.63, 3.8) is 0 Å². The Hall–Kier alpha value is -1.17. The van der Waals surface area contributed by atoms with Crippen LogP contribution in [0.15, 0.2) is 12.3 Å². The summed E-state index contributed by atoms with van der Waals surface area (Å²) >= 11 is 1.54. The van der Waals surface area contributed by atoms with Crippen LogP contribution in [0, 0.1) is 0 Å². The summed E-state index contributed by atoms with van der Waals surface area (Å²) in [6.45, 7) is 1.75. The number of aliphatic carboxylic acids is 1. The van der Waals surface area contributed by atoms with Crippen LogP contribution < -0.4 is 10.6 Å². The second-order valence-corrected chi connectivity index (χ2v) is 3.78. The normalized spacial score (nSPS) is 12.4. The Kier molecular flexibility index (Phi) is 7.53. The maximum Gasteiger partial charge on any atom is 0.326 e. The molecule has 0 aromatic carbocycles. The van der Waals surface area contributed by atoms with Crippen LogP contribution in [0.3, 0.4) is 0 Å². The van der Waals surface area contributed by atoms with Gasteiger partial charge in [0.15, 0.2) is 0 Å². The fraction of sp³-hybridized carbons (Fsp3) is 0.556. The van der Waals surface area contributed by atoms with Gasteiger partial charge in [-0.1, -0.05) is 6.08 Å². The molecule has 0 heterocycles. The maximum absolute atomic E-state index is 11.1. The Morgan fingerprint density at radius 2 is 2.20 bits per heavy atom. The number of amides is 2. The molecule has 1 unspecified atom stereocenters. The van der Waals surface area contributed by atoms with Gasteiger partial charge in [0.2, 0.25) is 0 Å². The Bertz CT molecular complexity index is 244. The largest absolute Gasteiger partial charge is 0.480 e. The minimum Gasteiger partial charge on any atom is -0.480 e. The molecule has 0 radical (unpaired) electrons. The number of rotatable bonds is 6. The highest BCUT2D eigenvalue weighted by Gasteiger charge is 2.18. The Labute approximate surface area is 93.3 Å². The molecule has 0 aliphatic carbocycles. The van der Waals surface area contributed by atoms with Gasteiger partial charge in [-0.25, -0.2) is 9.59 Å². The summed E-state index contributed by atoms with van der Waals surface area (Å²) < 4.78 is 0. The molecular formula is C9H16N2O3S. The van der Waals surface area contributed by atoms with Crippen LogP contribution in [0.2, 0.25) is 0 Å². The molecule has 0 fully saturated rings. The van der Waals surface area contributed by atoms with Gasteiger partial charge in [-0.2, -0.15) is 11.8 Å². The van der Waals surface area contributed by atoms with Gasteiger partial charge in [0, 0.05) is 6.20 Å². The lowest BCUT2D eigenvalue weighted by Crippen LogP contribution is -2.44. The van der Waals surface area contributed by atoms with E-state index >= 15 is 0 Å². The molecule has 0 spiro atoms. The highest BCUT2D eigenvalue weighted by molar-refractivity contribution is 7.98. The van der Waals surface area contributed by atoms with Crippen molar-refractivity contribution in [2.75, 3.05) is 12.0 Å². The van der Waals surface area contributed by atoms with Crippen molar-refractivity contribution in [3.05, 3.63) is 12.3 Å². The molecule has 6 heteroatoms. The number of carboxylic acids is 1. The standard InChI is InChI=1S/C9H16N2O3S/c1-3-5-10-9(14)11-7(8(12)13)4-6-15-2/h3,5,7H,4,6H2,1-2H3,(H,12,13)(H2,10,11,14)/b5-3+. The first-order chi connectivity index (χ1) is 7.11. The molecule has 0 bridgehead atoms. The Morgan fingerprint density at radius 3 is 2.67 bits per heavy atom. The van der Waals surface area contributed by atoms with Gasteiger partial charge in [0.25, 0.3) is 0 Å². The summed E-state index contributed by atoms with van der Waals surface area (Å²) in [4.78, 5) is 21.9. The first kappa shape index (κ1) is 13.8. The van der Waals surface area contributed by atoms with Crippen molar-refractivity contribution in [3.8, 4) is 0 Å². The molecule has 0 aromatic heterocycles. The lowest BCUT2D eigenvalue weighted by molar-refractivity contribution is -0.139. The topological polar surface area (TPSA) is 78.4 Å². The van der Waals surface area contributed by atoms with E-state index in [0.717, 1.165) is 0 Å². The number of carbonyl (C=O) groups is 2. The second-order valence-electron chi connectivity index (χ2n) is 2.79. The van der Waals surface area contributed by atoms with E-state index in [1.807, 2.05) is 6.26 Å². The minimum atomic E-state index is -1.01. The van der Waals surface area contributed by atoms with Gasteiger partial charge in [-0.05, 0) is 25.4 Å². The van der Waals surface area contributed by atoms with Gasteiger partial charge < -0.3 is 15.7 Å². The van der Waals surface area contributed by atoms with Crippen molar-refractivity contribution < 1.29 is 14.7 Å². The number of carboxylic acid groups (broad SMARTS) is 1. The van der Waals surface area contributed by atoms with Crippen molar-refractivity contribution in [1.29, 1.82) is 0 Å². The quantitative estimate of drug-likeness (QED) is 0.639. The van der Waals surface area contributed by atoms with Crippen molar-refractivity contribution >= 4 is 23.8 Å². The van der Waals surface area contributed by atoms with E-state index in [0.29, 0.717) is 12.2 Å². The van der Waals surface area contributed by atoms with Gasteiger partial charge in [-0.15, -0.1) is 0 Å². The molecule has 5 nitrogen and oxygen atoms in total. The third-order valence-electron chi connectivity index (χ3n) is 1.60. The van der Waals surface area contributed by atoms with E-state index in [1.54, 1.807) is 24.8 Å². The third-order valence-corrected chi connectivity index (χ3v) is 2.24. The van der Waals surface area contributed by atoms with Crippen LogP contribution in [-0.4, -0.2) is 35.2 Å². The van der Waals surface area contributed by atoms with Crippen molar-refractivity contribution in [1.82, 2.24) is 10.6 Å². The summed E-state index contributed by atoms with van der Waals surface area (Å²) in [5, 5.41) is 13.6. The fourth-order valence-electron chi connectivity index (χ4n) is 0.852. The summed E-state index contributed by atoms with van der Waals surface area (Å²) in [5.74, 6) is -0.319. The first-order valence-electron chi connectivity index (χ1n) is 4.51. The van der Waals surface area contributed by atoms with Crippen LogP contribution in [0.5, 0.6) is 0 Å². The van der Waals surface area contributed by atoms with E-state index in [9.17, 15) is 9.59 Å². The zero-order valence-electron chi connectivity index (χ0n) is 8.82. The van der Waals surface area contributed by atoms with Crippen LogP contribution in [-0.2, 0) is 4.79 Å². The van der Waals surface area contributed by atoms with Crippen LogP contribution >= 0.6 is 11.8 Å². The lowest BCUT2D eigenvalue weighted by atomic mass is 10.2. The molecule has 2 amide bonds.